The lowest BCUT2D eigenvalue weighted by atomic mass is 9.97. The molecule has 1 aliphatic heterocycles. The summed E-state index contributed by atoms with van der Waals surface area (Å²) in [5.74, 6) is 1.62. The molecular formula is C19H31IN6S. The van der Waals surface area contributed by atoms with Crippen molar-refractivity contribution in [2.45, 2.75) is 32.9 Å². The second-order valence-corrected chi connectivity index (χ2v) is 7.85. The van der Waals surface area contributed by atoms with E-state index in [-0.39, 0.29) is 24.0 Å². The van der Waals surface area contributed by atoms with Crippen LogP contribution in [0.2, 0.25) is 0 Å². The molecule has 0 saturated carbocycles. The monoisotopic (exact) mass is 502 g/mol. The molecule has 0 radical (unpaired) electrons. The van der Waals surface area contributed by atoms with E-state index in [9.17, 15) is 0 Å². The lowest BCUT2D eigenvalue weighted by Crippen LogP contribution is -2.42. The van der Waals surface area contributed by atoms with Crippen molar-refractivity contribution < 1.29 is 0 Å². The van der Waals surface area contributed by atoms with Crippen molar-refractivity contribution >= 4 is 41.3 Å². The molecule has 27 heavy (non-hydrogen) atoms. The van der Waals surface area contributed by atoms with Crippen molar-refractivity contribution in [3.63, 3.8) is 0 Å². The Morgan fingerprint density at radius 2 is 2.11 bits per heavy atom. The van der Waals surface area contributed by atoms with Crippen LogP contribution in [-0.2, 0) is 20.1 Å². The van der Waals surface area contributed by atoms with Crippen LogP contribution < -0.4 is 10.6 Å². The molecule has 150 valence electrons. The zero-order chi connectivity index (χ0) is 18.2. The van der Waals surface area contributed by atoms with Gasteiger partial charge in [-0.1, -0.05) is 6.07 Å². The quantitative estimate of drug-likeness (QED) is 0.347. The molecule has 0 unspecified atom stereocenters. The van der Waals surface area contributed by atoms with Crippen LogP contribution >= 0.6 is 35.3 Å². The maximum atomic E-state index is 4.69. The highest BCUT2D eigenvalue weighted by atomic mass is 127. The average molecular weight is 502 g/mol. The van der Waals surface area contributed by atoms with Gasteiger partial charge in [-0.2, -0.15) is 5.10 Å². The van der Waals surface area contributed by atoms with Crippen LogP contribution in [0.1, 0.15) is 30.3 Å². The predicted octanol–water partition coefficient (Wildman–Crippen LogP) is 3.07. The maximum Gasteiger partial charge on any atom is 0.191 e. The van der Waals surface area contributed by atoms with Crippen LogP contribution in [0.25, 0.3) is 0 Å². The van der Waals surface area contributed by atoms with Gasteiger partial charge in [0.25, 0.3) is 0 Å². The van der Waals surface area contributed by atoms with Crippen molar-refractivity contribution in [2.75, 3.05) is 26.2 Å². The van der Waals surface area contributed by atoms with E-state index in [0.717, 1.165) is 37.2 Å². The Hall–Kier alpha value is -1.13. The summed E-state index contributed by atoms with van der Waals surface area (Å²) < 4.78 is 1.87. The summed E-state index contributed by atoms with van der Waals surface area (Å²) in [6.45, 7) is 8.09. The third-order valence-electron chi connectivity index (χ3n) is 4.89. The highest BCUT2D eigenvalue weighted by Crippen LogP contribution is 2.20. The first-order chi connectivity index (χ1) is 12.7. The number of rotatable bonds is 7. The lowest BCUT2D eigenvalue weighted by molar-refractivity contribution is 0.179. The molecule has 2 aromatic rings. The van der Waals surface area contributed by atoms with E-state index in [0.29, 0.717) is 6.54 Å². The number of aliphatic imine (C=N–C) groups is 1. The van der Waals surface area contributed by atoms with Gasteiger partial charge in [0.05, 0.1) is 12.2 Å². The Kier molecular flexibility index (Phi) is 9.57. The van der Waals surface area contributed by atoms with Gasteiger partial charge in [0.2, 0.25) is 0 Å². The average Bonchev–Trinajstić information content (AvgIpc) is 3.30. The fourth-order valence-corrected chi connectivity index (χ4v) is 4.02. The number of halogens is 1. The van der Waals surface area contributed by atoms with Gasteiger partial charge in [0.1, 0.15) is 0 Å². The number of thiophene rings is 1. The number of aryl methyl sites for hydroxylation is 1. The molecule has 0 atom stereocenters. The summed E-state index contributed by atoms with van der Waals surface area (Å²) in [5.41, 5.74) is 1.11. The number of piperidine rings is 1. The van der Waals surface area contributed by atoms with Crippen molar-refractivity contribution in [1.82, 2.24) is 25.3 Å². The number of likely N-dealkylation sites (tertiary alicyclic amines) is 1. The van der Waals surface area contributed by atoms with Gasteiger partial charge in [-0.3, -0.25) is 9.58 Å². The van der Waals surface area contributed by atoms with E-state index in [1.165, 1.54) is 30.8 Å². The summed E-state index contributed by atoms with van der Waals surface area (Å²) >= 11 is 1.86. The Morgan fingerprint density at radius 1 is 1.30 bits per heavy atom. The number of nitrogens with one attached hydrogen (secondary N) is 2. The van der Waals surface area contributed by atoms with Crippen LogP contribution in [0.5, 0.6) is 0 Å². The highest BCUT2D eigenvalue weighted by molar-refractivity contribution is 14.0. The first kappa shape index (κ1) is 22.2. The zero-order valence-electron chi connectivity index (χ0n) is 16.2. The lowest BCUT2D eigenvalue weighted by Gasteiger charge is -2.32. The minimum absolute atomic E-state index is 0. The van der Waals surface area contributed by atoms with Crippen LogP contribution in [0.15, 0.2) is 34.8 Å². The SMILES string of the molecule is CCNC(=NCc1ccnn1C)NCC1CCN(Cc2cccs2)CC1.I. The maximum absolute atomic E-state index is 4.69. The zero-order valence-corrected chi connectivity index (χ0v) is 19.4. The smallest absolute Gasteiger partial charge is 0.191 e. The van der Waals surface area contributed by atoms with Crippen molar-refractivity contribution in [2.24, 2.45) is 18.0 Å². The minimum Gasteiger partial charge on any atom is -0.357 e. The molecule has 8 heteroatoms. The van der Waals surface area contributed by atoms with Crippen LogP contribution in [0.4, 0.5) is 0 Å². The minimum atomic E-state index is 0. The second-order valence-electron chi connectivity index (χ2n) is 6.82. The van der Waals surface area contributed by atoms with Crippen molar-refractivity contribution in [1.29, 1.82) is 0 Å². The summed E-state index contributed by atoms with van der Waals surface area (Å²) in [6.07, 6.45) is 4.31. The Labute approximate surface area is 183 Å². The van der Waals surface area contributed by atoms with Gasteiger partial charge in [-0.25, -0.2) is 4.99 Å². The number of nitrogens with zero attached hydrogens (tertiary/aromatic N) is 4. The standard InChI is InChI=1S/C19H30N6S.HI/c1-3-20-19(22-14-17-6-9-23-24(17)2)21-13-16-7-10-25(11-8-16)15-18-5-4-12-26-18;/h4-6,9,12,16H,3,7-8,10-11,13-15H2,1-2H3,(H2,20,21,22);1H. The van der Waals surface area contributed by atoms with E-state index in [1.54, 1.807) is 0 Å². The summed E-state index contributed by atoms with van der Waals surface area (Å²) in [5, 5.41) is 13.2. The Morgan fingerprint density at radius 3 is 2.74 bits per heavy atom. The van der Waals surface area contributed by atoms with Crippen LogP contribution in [0.3, 0.4) is 0 Å². The molecule has 2 N–H and O–H groups in total. The van der Waals surface area contributed by atoms with Gasteiger partial charge in [0.15, 0.2) is 5.96 Å². The molecular weight excluding hydrogens is 471 g/mol. The molecule has 1 aliphatic rings. The topological polar surface area (TPSA) is 57.5 Å². The normalized spacial score (nSPS) is 16.1. The van der Waals surface area contributed by atoms with Gasteiger partial charge < -0.3 is 10.6 Å². The molecule has 1 fully saturated rings. The second kappa shape index (κ2) is 11.7. The largest absolute Gasteiger partial charge is 0.357 e. The molecule has 6 nitrogen and oxygen atoms in total. The van der Waals surface area contributed by atoms with Crippen LogP contribution in [-0.4, -0.2) is 46.8 Å². The van der Waals surface area contributed by atoms with E-state index in [4.69, 9.17) is 4.99 Å². The van der Waals surface area contributed by atoms with E-state index in [1.807, 2.05) is 35.3 Å². The highest BCUT2D eigenvalue weighted by Gasteiger charge is 2.19. The molecule has 0 spiro atoms. The fourth-order valence-electron chi connectivity index (χ4n) is 3.27. The predicted molar refractivity (Wildman–Crippen MR) is 124 cm³/mol. The van der Waals surface area contributed by atoms with E-state index in [2.05, 4.69) is 45.1 Å². The molecule has 1 saturated heterocycles. The van der Waals surface area contributed by atoms with Gasteiger partial charge in [-0.15, -0.1) is 35.3 Å². The Bertz CT molecular complexity index is 676. The first-order valence-corrected chi connectivity index (χ1v) is 10.4. The first-order valence-electron chi connectivity index (χ1n) is 9.48. The molecule has 0 amide bonds. The summed E-state index contributed by atoms with van der Waals surface area (Å²) in [6, 6.07) is 6.39. The number of hydrogen-bond donors (Lipinski definition) is 2. The summed E-state index contributed by atoms with van der Waals surface area (Å²) in [7, 11) is 1.95. The number of aromatic nitrogens is 2. The molecule has 0 aromatic carbocycles. The fraction of sp³-hybridized carbons (Fsp3) is 0.579. The molecule has 0 bridgehead atoms. The molecule has 0 aliphatic carbocycles. The number of hydrogen-bond acceptors (Lipinski definition) is 4. The molecule has 2 aromatic heterocycles. The van der Waals surface area contributed by atoms with Crippen molar-refractivity contribution in [3.8, 4) is 0 Å². The van der Waals surface area contributed by atoms with Crippen molar-refractivity contribution in [3.05, 3.63) is 40.3 Å². The van der Waals surface area contributed by atoms with Gasteiger partial charge in [-0.05, 0) is 56.3 Å². The summed E-state index contributed by atoms with van der Waals surface area (Å²) in [4.78, 5) is 8.73. The Balaban J connectivity index is 0.00000261. The molecule has 3 heterocycles. The van der Waals surface area contributed by atoms with Gasteiger partial charge >= 0.3 is 0 Å². The third kappa shape index (κ3) is 7.08. The number of guanidine groups is 1. The van der Waals surface area contributed by atoms with Gasteiger partial charge in [0, 0.05) is 37.8 Å². The van der Waals surface area contributed by atoms with Crippen LogP contribution in [0, 0.1) is 5.92 Å². The van der Waals surface area contributed by atoms with E-state index >= 15 is 0 Å². The van der Waals surface area contributed by atoms with E-state index < -0.39 is 0 Å². The molecule has 3 rings (SSSR count). The third-order valence-corrected chi connectivity index (χ3v) is 5.75.